The molecule has 1 N–H and O–H groups in total. The number of nitrogens with zero attached hydrogens (tertiary/aromatic N) is 1. The van der Waals surface area contributed by atoms with E-state index in [0.29, 0.717) is 11.1 Å². The van der Waals surface area contributed by atoms with Gasteiger partial charge in [0.05, 0.1) is 12.6 Å². The summed E-state index contributed by atoms with van der Waals surface area (Å²) in [7, 11) is 0. The first-order valence-electron chi connectivity index (χ1n) is 5.81. The van der Waals surface area contributed by atoms with E-state index in [1.807, 2.05) is 0 Å². The lowest BCUT2D eigenvalue weighted by Gasteiger charge is -2.32. The molecule has 1 aliphatic heterocycles. The molecule has 2 rings (SSSR count). The molecule has 0 radical (unpaired) electrons. The molecule has 0 aliphatic carbocycles. The quantitative estimate of drug-likeness (QED) is 0.856. The van der Waals surface area contributed by atoms with E-state index < -0.39 is 0 Å². The Morgan fingerprint density at radius 1 is 1.39 bits per heavy atom. The summed E-state index contributed by atoms with van der Waals surface area (Å²) < 4.78 is 13.5. The van der Waals surface area contributed by atoms with Crippen LogP contribution >= 0.6 is 0 Å². The maximum Gasteiger partial charge on any atom is 0.242 e. The topological polar surface area (TPSA) is 49.4 Å². The highest BCUT2D eigenvalue weighted by molar-refractivity contribution is 5.92. The number of hydrogen-bond acceptors (Lipinski definition) is 2. The van der Waals surface area contributed by atoms with Gasteiger partial charge in [-0.15, -0.1) is 0 Å². The highest BCUT2D eigenvalue weighted by Gasteiger charge is 2.28. The first kappa shape index (κ1) is 12.5. The second-order valence-electron chi connectivity index (χ2n) is 4.48. The normalized spacial score (nSPS) is 17.6. The standard InChI is InChI=1S/C13H15FN2O2/c1-8-3-4-10(5-11(8)14)9(2)16-7-12(17)15-6-13(16)18/h3-5,9H,6-7H2,1-2H3,(H,15,17). The van der Waals surface area contributed by atoms with Crippen LogP contribution in [-0.4, -0.2) is 29.8 Å². The van der Waals surface area contributed by atoms with E-state index in [9.17, 15) is 14.0 Å². The SMILES string of the molecule is Cc1ccc(C(C)N2CC(=O)NCC2=O)cc1F. The monoisotopic (exact) mass is 250 g/mol. The summed E-state index contributed by atoms with van der Waals surface area (Å²) in [5, 5.41) is 2.48. The molecule has 1 atom stereocenters. The van der Waals surface area contributed by atoms with E-state index in [2.05, 4.69) is 5.32 Å². The van der Waals surface area contributed by atoms with Gasteiger partial charge in [0.2, 0.25) is 11.8 Å². The van der Waals surface area contributed by atoms with Crippen LogP contribution in [0.3, 0.4) is 0 Å². The zero-order valence-corrected chi connectivity index (χ0v) is 10.4. The van der Waals surface area contributed by atoms with Gasteiger partial charge in [0, 0.05) is 0 Å². The zero-order chi connectivity index (χ0) is 13.3. The van der Waals surface area contributed by atoms with Crippen LogP contribution in [0.4, 0.5) is 4.39 Å². The molecular weight excluding hydrogens is 235 g/mol. The van der Waals surface area contributed by atoms with Gasteiger partial charge in [-0.1, -0.05) is 12.1 Å². The summed E-state index contributed by atoms with van der Waals surface area (Å²) in [6.45, 7) is 3.51. The molecule has 1 fully saturated rings. The number of aryl methyl sites for hydroxylation is 1. The van der Waals surface area contributed by atoms with Crippen molar-refractivity contribution in [2.45, 2.75) is 19.9 Å². The molecule has 0 spiro atoms. The second-order valence-corrected chi connectivity index (χ2v) is 4.48. The van der Waals surface area contributed by atoms with E-state index in [1.54, 1.807) is 26.0 Å². The molecule has 0 aromatic heterocycles. The van der Waals surface area contributed by atoms with Gasteiger partial charge in [0.15, 0.2) is 0 Å². The van der Waals surface area contributed by atoms with Crippen molar-refractivity contribution in [3.63, 3.8) is 0 Å². The zero-order valence-electron chi connectivity index (χ0n) is 10.4. The van der Waals surface area contributed by atoms with E-state index >= 15 is 0 Å². The molecule has 1 aliphatic rings. The summed E-state index contributed by atoms with van der Waals surface area (Å²) in [5.74, 6) is -0.634. The lowest BCUT2D eigenvalue weighted by molar-refractivity contribution is -0.142. The molecule has 5 heteroatoms. The number of amides is 2. The van der Waals surface area contributed by atoms with Crippen LogP contribution in [0, 0.1) is 12.7 Å². The van der Waals surface area contributed by atoms with Gasteiger partial charge in [-0.05, 0) is 31.0 Å². The molecule has 18 heavy (non-hydrogen) atoms. The summed E-state index contributed by atoms with van der Waals surface area (Å²) in [4.78, 5) is 24.5. The highest BCUT2D eigenvalue weighted by atomic mass is 19.1. The number of halogens is 1. The van der Waals surface area contributed by atoms with Crippen LogP contribution < -0.4 is 5.32 Å². The predicted molar refractivity (Wildman–Crippen MR) is 64.3 cm³/mol. The van der Waals surface area contributed by atoms with Crippen molar-refractivity contribution in [1.82, 2.24) is 10.2 Å². The van der Waals surface area contributed by atoms with Crippen LogP contribution in [0.25, 0.3) is 0 Å². The van der Waals surface area contributed by atoms with Crippen LogP contribution in [-0.2, 0) is 9.59 Å². The van der Waals surface area contributed by atoms with Crippen molar-refractivity contribution in [2.75, 3.05) is 13.1 Å². The molecule has 96 valence electrons. The van der Waals surface area contributed by atoms with Crippen molar-refractivity contribution in [3.8, 4) is 0 Å². The van der Waals surface area contributed by atoms with Gasteiger partial charge in [-0.3, -0.25) is 9.59 Å². The fraction of sp³-hybridized carbons (Fsp3) is 0.385. The summed E-state index contributed by atoms with van der Waals surface area (Å²) in [5.41, 5.74) is 1.26. The van der Waals surface area contributed by atoms with Crippen molar-refractivity contribution in [2.24, 2.45) is 0 Å². The Bertz CT molecular complexity index is 502. The first-order chi connectivity index (χ1) is 8.49. The minimum Gasteiger partial charge on any atom is -0.345 e. The van der Waals surface area contributed by atoms with Crippen LogP contribution in [0.15, 0.2) is 18.2 Å². The van der Waals surface area contributed by atoms with Crippen molar-refractivity contribution in [1.29, 1.82) is 0 Å². The van der Waals surface area contributed by atoms with Crippen LogP contribution in [0.1, 0.15) is 24.1 Å². The Labute approximate surface area is 105 Å². The summed E-state index contributed by atoms with van der Waals surface area (Å²) in [6, 6.07) is 4.57. The molecule has 0 saturated carbocycles. The van der Waals surface area contributed by atoms with Gasteiger partial charge in [-0.25, -0.2) is 4.39 Å². The van der Waals surface area contributed by atoms with E-state index in [1.165, 1.54) is 11.0 Å². The maximum atomic E-state index is 13.5. The Hall–Kier alpha value is -1.91. The molecule has 0 bridgehead atoms. The Morgan fingerprint density at radius 3 is 2.78 bits per heavy atom. The van der Waals surface area contributed by atoms with Crippen molar-refractivity contribution in [3.05, 3.63) is 35.1 Å². The largest absolute Gasteiger partial charge is 0.345 e. The van der Waals surface area contributed by atoms with Gasteiger partial charge >= 0.3 is 0 Å². The number of carbonyl (C=O) groups is 2. The molecular formula is C13H15FN2O2. The maximum absolute atomic E-state index is 13.5. The molecule has 1 heterocycles. The van der Waals surface area contributed by atoms with Crippen molar-refractivity contribution < 1.29 is 14.0 Å². The first-order valence-corrected chi connectivity index (χ1v) is 5.81. The second kappa shape index (κ2) is 4.76. The fourth-order valence-electron chi connectivity index (χ4n) is 1.98. The molecule has 2 amide bonds. The smallest absolute Gasteiger partial charge is 0.242 e. The average molecular weight is 250 g/mol. The third-order valence-corrected chi connectivity index (χ3v) is 3.22. The number of piperazine rings is 1. The van der Waals surface area contributed by atoms with E-state index in [-0.39, 0.29) is 36.8 Å². The van der Waals surface area contributed by atoms with Gasteiger partial charge < -0.3 is 10.2 Å². The number of carbonyl (C=O) groups excluding carboxylic acids is 2. The fourth-order valence-corrected chi connectivity index (χ4v) is 1.98. The van der Waals surface area contributed by atoms with E-state index in [4.69, 9.17) is 0 Å². The Balaban J connectivity index is 2.24. The van der Waals surface area contributed by atoms with E-state index in [0.717, 1.165) is 0 Å². The number of rotatable bonds is 2. The number of hydrogen-bond donors (Lipinski definition) is 1. The van der Waals surface area contributed by atoms with Crippen LogP contribution in [0.5, 0.6) is 0 Å². The third kappa shape index (κ3) is 2.34. The van der Waals surface area contributed by atoms with Gasteiger partial charge in [-0.2, -0.15) is 0 Å². The minimum atomic E-state index is -0.307. The molecule has 1 saturated heterocycles. The Kier molecular flexibility index (Phi) is 3.32. The summed E-state index contributed by atoms with van der Waals surface area (Å²) in [6.07, 6.45) is 0. The highest BCUT2D eigenvalue weighted by Crippen LogP contribution is 2.22. The van der Waals surface area contributed by atoms with Crippen molar-refractivity contribution >= 4 is 11.8 Å². The summed E-state index contributed by atoms with van der Waals surface area (Å²) >= 11 is 0. The Morgan fingerprint density at radius 2 is 2.11 bits per heavy atom. The third-order valence-electron chi connectivity index (χ3n) is 3.22. The molecule has 1 unspecified atom stereocenters. The van der Waals surface area contributed by atoms with Crippen LogP contribution in [0.2, 0.25) is 0 Å². The number of benzene rings is 1. The minimum absolute atomic E-state index is 0.0114. The predicted octanol–water partition coefficient (Wildman–Crippen LogP) is 1.15. The number of nitrogens with one attached hydrogen (secondary N) is 1. The lowest BCUT2D eigenvalue weighted by atomic mass is 10.0. The molecule has 4 nitrogen and oxygen atoms in total. The lowest BCUT2D eigenvalue weighted by Crippen LogP contribution is -2.52. The molecule has 1 aromatic rings. The van der Waals surface area contributed by atoms with Gasteiger partial charge in [0.25, 0.3) is 0 Å². The van der Waals surface area contributed by atoms with Gasteiger partial charge in [0.1, 0.15) is 12.4 Å². The average Bonchev–Trinajstić information content (AvgIpc) is 2.35. The molecule has 1 aromatic carbocycles.